The summed E-state index contributed by atoms with van der Waals surface area (Å²) in [6, 6.07) is 10.3. The van der Waals surface area contributed by atoms with Crippen molar-refractivity contribution in [2.45, 2.75) is 20.3 Å². The molecule has 0 aliphatic carbocycles. The molecule has 0 saturated heterocycles. The van der Waals surface area contributed by atoms with Gasteiger partial charge in [0.15, 0.2) is 0 Å². The van der Waals surface area contributed by atoms with Crippen molar-refractivity contribution in [2.24, 2.45) is 0 Å². The molecule has 0 saturated carbocycles. The van der Waals surface area contributed by atoms with Gasteiger partial charge in [0.25, 0.3) is 0 Å². The number of rotatable bonds is 2. The summed E-state index contributed by atoms with van der Waals surface area (Å²) in [5, 5.41) is 0. The molecule has 0 fully saturated rings. The first-order valence-electron chi connectivity index (χ1n) is 4.63. The second-order valence-corrected chi connectivity index (χ2v) is 2.61. The molecule has 1 aromatic carbocycles. The average molecular weight is 174 g/mol. The minimum absolute atomic E-state index is 1.08. The van der Waals surface area contributed by atoms with Crippen LogP contribution in [0.2, 0.25) is 0 Å². The fourth-order valence-electron chi connectivity index (χ4n) is 0.757. The standard InChI is InChI=1S/C9H10.C4H8/c1-2-6-9-7-4-3-5-8-9;1-3-4-2/h2-8H,1H3;3H,1,4H2,2H3. The lowest BCUT2D eigenvalue weighted by Gasteiger charge is -1.86. The summed E-state index contributed by atoms with van der Waals surface area (Å²) in [5.41, 5.74) is 1.26. The van der Waals surface area contributed by atoms with Gasteiger partial charge in [-0.2, -0.15) is 0 Å². The molecule has 0 atom stereocenters. The smallest absolute Gasteiger partial charge is 0.0260 e. The lowest BCUT2D eigenvalue weighted by atomic mass is 10.2. The Morgan fingerprint density at radius 1 is 1.23 bits per heavy atom. The Hall–Kier alpha value is -1.30. The summed E-state index contributed by atoms with van der Waals surface area (Å²) in [6.07, 6.45) is 7.08. The van der Waals surface area contributed by atoms with Crippen LogP contribution < -0.4 is 0 Å². The van der Waals surface area contributed by atoms with Crippen molar-refractivity contribution in [3.63, 3.8) is 0 Å². The Kier molecular flexibility index (Phi) is 7.91. The van der Waals surface area contributed by atoms with E-state index in [1.54, 1.807) is 0 Å². The van der Waals surface area contributed by atoms with Crippen LogP contribution >= 0.6 is 0 Å². The van der Waals surface area contributed by atoms with Crippen LogP contribution in [0.25, 0.3) is 6.08 Å². The molecule has 0 aliphatic rings. The molecule has 0 heterocycles. The minimum Gasteiger partial charge on any atom is -0.103 e. The fourth-order valence-corrected chi connectivity index (χ4v) is 0.757. The topological polar surface area (TPSA) is 0 Å². The molecule has 1 rings (SSSR count). The molecule has 13 heavy (non-hydrogen) atoms. The molecular weight excluding hydrogens is 156 g/mol. The maximum Gasteiger partial charge on any atom is -0.0260 e. The van der Waals surface area contributed by atoms with E-state index >= 15 is 0 Å². The van der Waals surface area contributed by atoms with E-state index in [9.17, 15) is 0 Å². The minimum atomic E-state index is 1.08. The first-order chi connectivity index (χ1) is 6.35. The number of allylic oxidation sites excluding steroid dienone is 2. The van der Waals surface area contributed by atoms with Crippen molar-refractivity contribution in [1.29, 1.82) is 0 Å². The molecule has 1 aromatic rings. The molecule has 0 aromatic heterocycles. The van der Waals surface area contributed by atoms with E-state index in [-0.39, 0.29) is 0 Å². The zero-order valence-electron chi connectivity index (χ0n) is 8.53. The largest absolute Gasteiger partial charge is 0.103 e. The van der Waals surface area contributed by atoms with E-state index in [1.807, 2.05) is 37.3 Å². The van der Waals surface area contributed by atoms with Gasteiger partial charge in [-0.25, -0.2) is 0 Å². The summed E-state index contributed by atoms with van der Waals surface area (Å²) < 4.78 is 0. The molecule has 70 valence electrons. The average Bonchev–Trinajstić information content (AvgIpc) is 2.20. The SMILES string of the molecule is C=CCC.CC=Cc1ccccc1. The molecule has 0 amide bonds. The quantitative estimate of drug-likeness (QED) is 0.586. The molecule has 0 spiro atoms. The first kappa shape index (κ1) is 11.7. The highest BCUT2D eigenvalue weighted by Gasteiger charge is 1.77. The van der Waals surface area contributed by atoms with E-state index in [0.717, 1.165) is 6.42 Å². The normalized spacial score (nSPS) is 9.08. The van der Waals surface area contributed by atoms with Gasteiger partial charge in [0.2, 0.25) is 0 Å². The maximum atomic E-state index is 3.48. The van der Waals surface area contributed by atoms with Crippen molar-refractivity contribution in [1.82, 2.24) is 0 Å². The van der Waals surface area contributed by atoms with Crippen molar-refractivity contribution >= 4 is 6.08 Å². The third-order valence-electron chi connectivity index (χ3n) is 1.45. The molecule has 0 nitrogen and oxygen atoms in total. The molecule has 0 bridgehead atoms. The zero-order chi connectivity index (χ0) is 9.94. The maximum absolute atomic E-state index is 3.48. The fraction of sp³-hybridized carbons (Fsp3) is 0.231. The van der Waals surface area contributed by atoms with Gasteiger partial charge in [-0.15, -0.1) is 6.58 Å². The highest BCUT2D eigenvalue weighted by atomic mass is 13.8. The van der Waals surface area contributed by atoms with E-state index in [2.05, 4.69) is 31.7 Å². The predicted molar refractivity (Wildman–Crippen MR) is 61.6 cm³/mol. The number of hydrogen-bond donors (Lipinski definition) is 0. The van der Waals surface area contributed by atoms with E-state index in [4.69, 9.17) is 0 Å². The Morgan fingerprint density at radius 2 is 1.77 bits per heavy atom. The Labute approximate surface area is 81.6 Å². The molecule has 0 N–H and O–H groups in total. The lowest BCUT2D eigenvalue weighted by Crippen LogP contribution is -1.65. The third kappa shape index (κ3) is 7.07. The summed E-state index contributed by atoms with van der Waals surface area (Å²) in [6.45, 7) is 7.56. The van der Waals surface area contributed by atoms with Gasteiger partial charge in [-0.05, 0) is 18.9 Å². The van der Waals surface area contributed by atoms with E-state index in [0.29, 0.717) is 0 Å². The van der Waals surface area contributed by atoms with Crippen LogP contribution in [0.5, 0.6) is 0 Å². The summed E-state index contributed by atoms with van der Waals surface area (Å²) in [4.78, 5) is 0. The van der Waals surface area contributed by atoms with Crippen LogP contribution in [0.4, 0.5) is 0 Å². The number of benzene rings is 1. The Balaban J connectivity index is 0.000000310. The summed E-state index contributed by atoms with van der Waals surface area (Å²) in [7, 11) is 0. The van der Waals surface area contributed by atoms with Gasteiger partial charge in [-0.1, -0.05) is 55.5 Å². The summed E-state index contributed by atoms with van der Waals surface area (Å²) >= 11 is 0. The first-order valence-corrected chi connectivity index (χ1v) is 4.63. The van der Waals surface area contributed by atoms with E-state index < -0.39 is 0 Å². The monoisotopic (exact) mass is 174 g/mol. The van der Waals surface area contributed by atoms with Crippen molar-refractivity contribution in [2.75, 3.05) is 0 Å². The Bertz CT molecular complexity index is 231. The highest BCUT2D eigenvalue weighted by molar-refractivity contribution is 5.47. The highest BCUT2D eigenvalue weighted by Crippen LogP contribution is 1.99. The van der Waals surface area contributed by atoms with Crippen LogP contribution in [0.1, 0.15) is 25.8 Å². The molecule has 0 aliphatic heterocycles. The molecule has 0 radical (unpaired) electrons. The van der Waals surface area contributed by atoms with Crippen LogP contribution in [0, 0.1) is 0 Å². The number of hydrogen-bond acceptors (Lipinski definition) is 0. The molecular formula is C13H18. The second-order valence-electron chi connectivity index (χ2n) is 2.61. The van der Waals surface area contributed by atoms with Crippen molar-refractivity contribution < 1.29 is 0 Å². The van der Waals surface area contributed by atoms with Crippen molar-refractivity contribution in [3.8, 4) is 0 Å². The van der Waals surface area contributed by atoms with Gasteiger partial charge < -0.3 is 0 Å². The van der Waals surface area contributed by atoms with Crippen LogP contribution in [-0.2, 0) is 0 Å². The van der Waals surface area contributed by atoms with Crippen molar-refractivity contribution in [3.05, 3.63) is 54.6 Å². The van der Waals surface area contributed by atoms with Gasteiger partial charge in [0, 0.05) is 0 Å². The second kappa shape index (κ2) is 8.79. The van der Waals surface area contributed by atoms with Crippen LogP contribution in [0.15, 0.2) is 49.1 Å². The Morgan fingerprint density at radius 3 is 2.15 bits per heavy atom. The summed E-state index contributed by atoms with van der Waals surface area (Å²) in [5.74, 6) is 0. The van der Waals surface area contributed by atoms with Gasteiger partial charge >= 0.3 is 0 Å². The van der Waals surface area contributed by atoms with Gasteiger partial charge in [0.05, 0.1) is 0 Å². The van der Waals surface area contributed by atoms with Gasteiger partial charge in [-0.3, -0.25) is 0 Å². The molecule has 0 unspecified atom stereocenters. The third-order valence-corrected chi connectivity index (χ3v) is 1.45. The van der Waals surface area contributed by atoms with Crippen LogP contribution in [-0.4, -0.2) is 0 Å². The van der Waals surface area contributed by atoms with Gasteiger partial charge in [0.1, 0.15) is 0 Å². The molecule has 0 heteroatoms. The van der Waals surface area contributed by atoms with E-state index in [1.165, 1.54) is 5.56 Å². The lowest BCUT2D eigenvalue weighted by molar-refractivity contribution is 1.23. The predicted octanol–water partition coefficient (Wildman–Crippen LogP) is 4.30. The van der Waals surface area contributed by atoms with Crippen LogP contribution in [0.3, 0.4) is 0 Å². The zero-order valence-corrected chi connectivity index (χ0v) is 8.53.